The Balaban J connectivity index is 1.99. The van der Waals surface area contributed by atoms with Crippen molar-refractivity contribution in [2.75, 3.05) is 7.11 Å². The Kier molecular flexibility index (Phi) is 3.83. The molecule has 16 heavy (non-hydrogen) atoms. The lowest BCUT2D eigenvalue weighted by molar-refractivity contribution is 0.394. The molecule has 0 saturated carbocycles. The van der Waals surface area contributed by atoms with E-state index in [1.54, 1.807) is 18.9 Å². The van der Waals surface area contributed by atoms with Gasteiger partial charge in [0.25, 0.3) is 0 Å². The fourth-order valence-electron chi connectivity index (χ4n) is 1.32. The molecule has 1 aromatic heterocycles. The van der Waals surface area contributed by atoms with Crippen LogP contribution >= 0.6 is 11.8 Å². The zero-order valence-corrected chi connectivity index (χ0v) is 9.91. The second kappa shape index (κ2) is 5.56. The monoisotopic (exact) mass is 231 g/mol. The molecule has 0 radical (unpaired) electrons. The molecule has 3 heteroatoms. The molecule has 0 saturated heterocycles. The Morgan fingerprint density at radius 2 is 1.88 bits per heavy atom. The van der Waals surface area contributed by atoms with Crippen LogP contribution in [0.25, 0.3) is 0 Å². The van der Waals surface area contributed by atoms with Gasteiger partial charge in [0.2, 0.25) is 5.88 Å². The molecule has 1 heterocycles. The molecule has 0 bridgehead atoms. The number of ether oxygens (including phenoxy) is 1. The van der Waals surface area contributed by atoms with Crippen molar-refractivity contribution in [1.82, 2.24) is 4.98 Å². The first-order valence-corrected chi connectivity index (χ1v) is 6.05. The highest BCUT2D eigenvalue weighted by Crippen LogP contribution is 2.22. The molecule has 0 atom stereocenters. The van der Waals surface area contributed by atoms with Gasteiger partial charge in [-0.2, -0.15) is 0 Å². The average Bonchev–Trinajstić information content (AvgIpc) is 2.38. The third-order valence-corrected chi connectivity index (χ3v) is 3.14. The Morgan fingerprint density at radius 3 is 2.62 bits per heavy atom. The molecule has 0 unspecified atom stereocenters. The zero-order chi connectivity index (χ0) is 11.2. The standard InChI is InChI=1S/C13H13NOS/c1-15-12-8-5-9-13(14-12)16-10-11-6-3-2-4-7-11/h2-9H,10H2,1H3. The Bertz CT molecular complexity index is 445. The van der Waals surface area contributed by atoms with Gasteiger partial charge < -0.3 is 4.74 Å². The number of aromatic nitrogens is 1. The van der Waals surface area contributed by atoms with Crippen LogP contribution in [-0.4, -0.2) is 12.1 Å². The van der Waals surface area contributed by atoms with Crippen LogP contribution in [0.4, 0.5) is 0 Å². The highest BCUT2D eigenvalue weighted by Gasteiger charge is 1.99. The van der Waals surface area contributed by atoms with Gasteiger partial charge in [0.1, 0.15) is 5.03 Å². The molecule has 2 nitrogen and oxygen atoms in total. The van der Waals surface area contributed by atoms with E-state index in [4.69, 9.17) is 4.74 Å². The molecule has 0 aliphatic rings. The van der Waals surface area contributed by atoms with E-state index in [0.29, 0.717) is 5.88 Å². The molecule has 0 N–H and O–H groups in total. The quantitative estimate of drug-likeness (QED) is 0.753. The summed E-state index contributed by atoms with van der Waals surface area (Å²) in [5.74, 6) is 1.60. The first kappa shape index (κ1) is 11.0. The summed E-state index contributed by atoms with van der Waals surface area (Å²) in [5.41, 5.74) is 1.30. The van der Waals surface area contributed by atoms with Crippen LogP contribution in [0.5, 0.6) is 5.88 Å². The number of thioether (sulfide) groups is 1. The minimum atomic E-state index is 0.665. The van der Waals surface area contributed by atoms with E-state index in [0.717, 1.165) is 10.8 Å². The zero-order valence-electron chi connectivity index (χ0n) is 9.09. The van der Waals surface area contributed by atoms with E-state index in [-0.39, 0.29) is 0 Å². The summed E-state index contributed by atoms with van der Waals surface area (Å²) in [6.45, 7) is 0. The number of hydrogen-bond donors (Lipinski definition) is 0. The predicted octanol–water partition coefficient (Wildman–Crippen LogP) is 3.38. The molecule has 2 rings (SSSR count). The van der Waals surface area contributed by atoms with Crippen molar-refractivity contribution >= 4 is 11.8 Å². The second-order valence-corrected chi connectivity index (χ2v) is 4.29. The van der Waals surface area contributed by atoms with Crippen molar-refractivity contribution in [3.8, 4) is 5.88 Å². The second-order valence-electron chi connectivity index (χ2n) is 3.29. The number of pyridine rings is 1. The van der Waals surface area contributed by atoms with E-state index in [2.05, 4.69) is 29.2 Å². The van der Waals surface area contributed by atoms with Gasteiger partial charge in [-0.05, 0) is 11.6 Å². The summed E-state index contributed by atoms with van der Waals surface area (Å²) in [6.07, 6.45) is 0. The van der Waals surface area contributed by atoms with Crippen molar-refractivity contribution in [3.05, 3.63) is 54.1 Å². The molecule has 0 amide bonds. The summed E-state index contributed by atoms with van der Waals surface area (Å²) >= 11 is 1.71. The average molecular weight is 231 g/mol. The topological polar surface area (TPSA) is 22.1 Å². The third kappa shape index (κ3) is 3.00. The first-order chi connectivity index (χ1) is 7.88. The number of hydrogen-bond acceptors (Lipinski definition) is 3. The van der Waals surface area contributed by atoms with Gasteiger partial charge in [-0.15, -0.1) is 11.8 Å². The van der Waals surface area contributed by atoms with Gasteiger partial charge in [-0.25, -0.2) is 4.98 Å². The number of rotatable bonds is 4. The van der Waals surface area contributed by atoms with Crippen molar-refractivity contribution in [2.45, 2.75) is 10.8 Å². The molecular weight excluding hydrogens is 218 g/mol. The van der Waals surface area contributed by atoms with E-state index in [1.807, 2.05) is 24.3 Å². The minimum Gasteiger partial charge on any atom is -0.481 e. The maximum atomic E-state index is 5.08. The van der Waals surface area contributed by atoms with Crippen LogP contribution < -0.4 is 4.74 Å². The highest BCUT2D eigenvalue weighted by molar-refractivity contribution is 7.98. The third-order valence-electron chi connectivity index (χ3n) is 2.14. The fourth-order valence-corrected chi connectivity index (χ4v) is 2.16. The number of methoxy groups -OCH3 is 1. The molecule has 0 aliphatic carbocycles. The van der Waals surface area contributed by atoms with Gasteiger partial charge in [0, 0.05) is 11.8 Å². The van der Waals surface area contributed by atoms with Crippen molar-refractivity contribution in [2.24, 2.45) is 0 Å². The molecule has 1 aromatic carbocycles. The summed E-state index contributed by atoms with van der Waals surface area (Å²) in [4.78, 5) is 4.35. The maximum absolute atomic E-state index is 5.08. The van der Waals surface area contributed by atoms with E-state index in [1.165, 1.54) is 5.56 Å². The van der Waals surface area contributed by atoms with Gasteiger partial charge in [-0.1, -0.05) is 36.4 Å². The fraction of sp³-hybridized carbons (Fsp3) is 0.154. The summed E-state index contributed by atoms with van der Waals surface area (Å²) in [7, 11) is 1.63. The lowest BCUT2D eigenvalue weighted by Gasteiger charge is -2.03. The molecule has 2 aromatic rings. The van der Waals surface area contributed by atoms with Crippen LogP contribution in [-0.2, 0) is 5.75 Å². The van der Waals surface area contributed by atoms with E-state index >= 15 is 0 Å². The Labute approximate surface area is 99.7 Å². The number of nitrogens with zero attached hydrogens (tertiary/aromatic N) is 1. The van der Waals surface area contributed by atoms with Crippen molar-refractivity contribution in [1.29, 1.82) is 0 Å². The van der Waals surface area contributed by atoms with Gasteiger partial charge in [-0.3, -0.25) is 0 Å². The smallest absolute Gasteiger partial charge is 0.213 e. The van der Waals surface area contributed by atoms with Crippen LogP contribution in [0.1, 0.15) is 5.56 Å². The molecule has 82 valence electrons. The SMILES string of the molecule is COc1cccc(SCc2ccccc2)n1. The normalized spacial score (nSPS) is 10.1. The van der Waals surface area contributed by atoms with Crippen LogP contribution in [0.15, 0.2) is 53.6 Å². The van der Waals surface area contributed by atoms with Crippen LogP contribution in [0, 0.1) is 0 Å². The van der Waals surface area contributed by atoms with Crippen LogP contribution in [0.3, 0.4) is 0 Å². The molecule has 0 fully saturated rings. The summed E-state index contributed by atoms with van der Waals surface area (Å²) < 4.78 is 5.08. The first-order valence-electron chi connectivity index (χ1n) is 5.06. The largest absolute Gasteiger partial charge is 0.481 e. The lowest BCUT2D eigenvalue weighted by Crippen LogP contribution is -1.88. The van der Waals surface area contributed by atoms with E-state index < -0.39 is 0 Å². The predicted molar refractivity (Wildman–Crippen MR) is 66.8 cm³/mol. The Morgan fingerprint density at radius 1 is 1.06 bits per heavy atom. The summed E-state index contributed by atoms with van der Waals surface area (Å²) in [6, 6.07) is 16.2. The molecule has 0 spiro atoms. The molecule has 0 aliphatic heterocycles. The van der Waals surface area contributed by atoms with Gasteiger partial charge in [0.15, 0.2) is 0 Å². The maximum Gasteiger partial charge on any atom is 0.213 e. The minimum absolute atomic E-state index is 0.665. The van der Waals surface area contributed by atoms with E-state index in [9.17, 15) is 0 Å². The highest BCUT2D eigenvalue weighted by atomic mass is 32.2. The van der Waals surface area contributed by atoms with Gasteiger partial charge >= 0.3 is 0 Å². The van der Waals surface area contributed by atoms with Gasteiger partial charge in [0.05, 0.1) is 7.11 Å². The van der Waals surface area contributed by atoms with Crippen molar-refractivity contribution < 1.29 is 4.74 Å². The lowest BCUT2D eigenvalue weighted by atomic mass is 10.2. The summed E-state index contributed by atoms with van der Waals surface area (Å²) in [5, 5.41) is 0.989. The molecular formula is C13H13NOS. The van der Waals surface area contributed by atoms with Crippen LogP contribution in [0.2, 0.25) is 0 Å². The number of benzene rings is 1. The van der Waals surface area contributed by atoms with Crippen molar-refractivity contribution in [3.63, 3.8) is 0 Å². The Hall–Kier alpha value is -1.48.